The number of halogens is 1. The van der Waals surface area contributed by atoms with E-state index >= 15 is 0 Å². The van der Waals surface area contributed by atoms with Crippen molar-refractivity contribution in [3.05, 3.63) is 68.0 Å². The van der Waals surface area contributed by atoms with Gasteiger partial charge < -0.3 is 9.88 Å². The van der Waals surface area contributed by atoms with E-state index < -0.39 is 0 Å². The SMILES string of the molecule is Cc1ccc([C@@H](C)NC(=O)Cn2cc(Br)ccc2=O)cc1C. The van der Waals surface area contributed by atoms with Gasteiger partial charge in [-0.2, -0.15) is 0 Å². The van der Waals surface area contributed by atoms with Crippen LogP contribution in [0.1, 0.15) is 29.7 Å². The number of hydrogen-bond donors (Lipinski definition) is 1. The number of hydrogen-bond acceptors (Lipinski definition) is 2. The fourth-order valence-corrected chi connectivity index (χ4v) is 2.56. The highest BCUT2D eigenvalue weighted by atomic mass is 79.9. The molecule has 4 nitrogen and oxygen atoms in total. The van der Waals surface area contributed by atoms with Gasteiger partial charge in [-0.3, -0.25) is 9.59 Å². The van der Waals surface area contributed by atoms with Crippen molar-refractivity contribution >= 4 is 21.8 Å². The molecule has 1 aromatic carbocycles. The van der Waals surface area contributed by atoms with E-state index in [0.717, 1.165) is 10.0 Å². The Labute approximate surface area is 138 Å². The van der Waals surface area contributed by atoms with E-state index in [4.69, 9.17) is 0 Å². The topological polar surface area (TPSA) is 51.1 Å². The normalized spacial score (nSPS) is 12.0. The summed E-state index contributed by atoms with van der Waals surface area (Å²) in [6.07, 6.45) is 1.61. The van der Waals surface area contributed by atoms with Gasteiger partial charge in [-0.15, -0.1) is 0 Å². The van der Waals surface area contributed by atoms with Gasteiger partial charge in [0.1, 0.15) is 6.54 Å². The van der Waals surface area contributed by atoms with E-state index in [9.17, 15) is 9.59 Å². The number of nitrogens with one attached hydrogen (secondary N) is 1. The van der Waals surface area contributed by atoms with Crippen LogP contribution in [-0.2, 0) is 11.3 Å². The van der Waals surface area contributed by atoms with Crippen LogP contribution in [0.3, 0.4) is 0 Å². The highest BCUT2D eigenvalue weighted by molar-refractivity contribution is 9.10. The van der Waals surface area contributed by atoms with Crippen LogP contribution in [0.15, 0.2) is 45.8 Å². The lowest BCUT2D eigenvalue weighted by molar-refractivity contribution is -0.122. The van der Waals surface area contributed by atoms with Crippen LogP contribution in [0.5, 0.6) is 0 Å². The molecule has 116 valence electrons. The van der Waals surface area contributed by atoms with E-state index in [0.29, 0.717) is 0 Å². The summed E-state index contributed by atoms with van der Waals surface area (Å²) in [7, 11) is 0. The number of amides is 1. The standard InChI is InChI=1S/C17H19BrN2O2/c1-11-4-5-14(8-12(11)2)13(3)19-16(21)10-20-9-15(18)6-7-17(20)22/h4-9,13H,10H2,1-3H3,(H,19,21)/t13-/m1/s1. The zero-order chi connectivity index (χ0) is 16.3. The molecule has 0 spiro atoms. The van der Waals surface area contributed by atoms with Gasteiger partial charge in [-0.05, 0) is 59.5 Å². The zero-order valence-corrected chi connectivity index (χ0v) is 14.5. The molecule has 1 atom stereocenters. The highest BCUT2D eigenvalue weighted by Crippen LogP contribution is 2.16. The second-order valence-electron chi connectivity index (χ2n) is 5.45. The Kier molecular flexibility index (Phi) is 5.19. The predicted molar refractivity (Wildman–Crippen MR) is 90.9 cm³/mol. The van der Waals surface area contributed by atoms with Crippen molar-refractivity contribution in [2.24, 2.45) is 0 Å². The summed E-state index contributed by atoms with van der Waals surface area (Å²) in [5.74, 6) is -0.189. The predicted octanol–water partition coefficient (Wildman–Crippen LogP) is 3.11. The zero-order valence-electron chi connectivity index (χ0n) is 12.9. The van der Waals surface area contributed by atoms with Crippen LogP contribution in [0.2, 0.25) is 0 Å². The maximum Gasteiger partial charge on any atom is 0.251 e. The van der Waals surface area contributed by atoms with Crippen molar-refractivity contribution in [3.8, 4) is 0 Å². The van der Waals surface area contributed by atoms with Crippen molar-refractivity contribution in [2.75, 3.05) is 0 Å². The molecule has 2 rings (SSSR count). The Morgan fingerprint density at radius 3 is 2.64 bits per heavy atom. The summed E-state index contributed by atoms with van der Waals surface area (Å²) in [6, 6.07) is 9.13. The van der Waals surface area contributed by atoms with Crippen molar-refractivity contribution in [3.63, 3.8) is 0 Å². The summed E-state index contributed by atoms with van der Waals surface area (Å²) < 4.78 is 2.15. The molecule has 0 fully saturated rings. The van der Waals surface area contributed by atoms with Gasteiger partial charge in [0.2, 0.25) is 5.91 Å². The van der Waals surface area contributed by atoms with Crippen molar-refractivity contribution < 1.29 is 4.79 Å². The van der Waals surface area contributed by atoms with E-state index in [1.54, 1.807) is 12.3 Å². The smallest absolute Gasteiger partial charge is 0.251 e. The molecule has 1 heterocycles. The van der Waals surface area contributed by atoms with Crippen LogP contribution in [0.25, 0.3) is 0 Å². The second kappa shape index (κ2) is 6.92. The third-order valence-electron chi connectivity index (χ3n) is 3.67. The Balaban J connectivity index is 2.06. The molecule has 5 heteroatoms. The molecular weight excluding hydrogens is 344 g/mol. The summed E-state index contributed by atoms with van der Waals surface area (Å²) in [4.78, 5) is 23.8. The van der Waals surface area contributed by atoms with Gasteiger partial charge in [0.15, 0.2) is 0 Å². The third-order valence-corrected chi connectivity index (χ3v) is 4.14. The van der Waals surface area contributed by atoms with E-state index in [-0.39, 0.29) is 24.1 Å². The molecule has 1 amide bonds. The number of carbonyl (C=O) groups excluding carboxylic acids is 1. The molecule has 0 aliphatic heterocycles. The minimum atomic E-state index is -0.197. The Bertz CT molecular complexity index is 753. The largest absolute Gasteiger partial charge is 0.348 e. The minimum Gasteiger partial charge on any atom is -0.348 e. The quantitative estimate of drug-likeness (QED) is 0.908. The molecule has 0 saturated heterocycles. The molecular formula is C17H19BrN2O2. The van der Waals surface area contributed by atoms with Gasteiger partial charge in [-0.1, -0.05) is 18.2 Å². The Morgan fingerprint density at radius 1 is 1.23 bits per heavy atom. The van der Waals surface area contributed by atoms with Crippen LogP contribution < -0.4 is 10.9 Å². The second-order valence-corrected chi connectivity index (χ2v) is 6.36. The molecule has 0 unspecified atom stereocenters. The first kappa shape index (κ1) is 16.5. The van der Waals surface area contributed by atoms with Crippen LogP contribution in [-0.4, -0.2) is 10.5 Å². The summed E-state index contributed by atoms with van der Waals surface area (Å²) in [5, 5.41) is 2.92. The molecule has 1 aromatic heterocycles. The van der Waals surface area contributed by atoms with Crippen LogP contribution in [0.4, 0.5) is 0 Å². The molecule has 0 aliphatic rings. The fourth-order valence-electron chi connectivity index (χ4n) is 2.18. The molecule has 0 aliphatic carbocycles. The summed E-state index contributed by atoms with van der Waals surface area (Å²) in [5.41, 5.74) is 3.28. The lowest BCUT2D eigenvalue weighted by atomic mass is 10.0. The first-order valence-electron chi connectivity index (χ1n) is 7.09. The van der Waals surface area contributed by atoms with Crippen LogP contribution in [0, 0.1) is 13.8 Å². The average Bonchev–Trinajstić information content (AvgIpc) is 2.45. The molecule has 0 radical (unpaired) electrons. The molecule has 22 heavy (non-hydrogen) atoms. The minimum absolute atomic E-state index is 0.00740. The number of carbonyl (C=O) groups is 1. The van der Waals surface area contributed by atoms with Gasteiger partial charge in [0.25, 0.3) is 5.56 Å². The van der Waals surface area contributed by atoms with E-state index in [1.165, 1.54) is 21.8 Å². The number of rotatable bonds is 4. The number of nitrogens with zero attached hydrogens (tertiary/aromatic N) is 1. The monoisotopic (exact) mass is 362 g/mol. The van der Waals surface area contributed by atoms with E-state index in [2.05, 4.69) is 41.2 Å². The first-order chi connectivity index (χ1) is 10.4. The molecule has 1 N–H and O–H groups in total. The fraction of sp³-hybridized carbons (Fsp3) is 0.294. The maximum absolute atomic E-state index is 12.1. The lowest BCUT2D eigenvalue weighted by Gasteiger charge is -2.16. The number of aryl methyl sites for hydroxylation is 2. The lowest BCUT2D eigenvalue weighted by Crippen LogP contribution is -2.33. The van der Waals surface area contributed by atoms with Crippen molar-refractivity contribution in [1.82, 2.24) is 9.88 Å². The molecule has 2 aromatic rings. The van der Waals surface area contributed by atoms with Crippen LogP contribution >= 0.6 is 15.9 Å². The number of pyridine rings is 1. The highest BCUT2D eigenvalue weighted by Gasteiger charge is 2.11. The third kappa shape index (κ3) is 4.07. The first-order valence-corrected chi connectivity index (χ1v) is 7.88. The molecule has 0 bridgehead atoms. The Morgan fingerprint density at radius 2 is 1.95 bits per heavy atom. The van der Waals surface area contributed by atoms with Crippen molar-refractivity contribution in [1.29, 1.82) is 0 Å². The van der Waals surface area contributed by atoms with Gasteiger partial charge in [-0.25, -0.2) is 0 Å². The summed E-state index contributed by atoms with van der Waals surface area (Å²) in [6.45, 7) is 6.05. The average molecular weight is 363 g/mol. The summed E-state index contributed by atoms with van der Waals surface area (Å²) >= 11 is 3.30. The maximum atomic E-state index is 12.1. The van der Waals surface area contributed by atoms with Gasteiger partial charge in [0.05, 0.1) is 6.04 Å². The number of benzene rings is 1. The molecule has 0 saturated carbocycles. The van der Waals surface area contributed by atoms with Crippen molar-refractivity contribution in [2.45, 2.75) is 33.4 Å². The van der Waals surface area contributed by atoms with E-state index in [1.807, 2.05) is 19.1 Å². The van der Waals surface area contributed by atoms with Gasteiger partial charge in [0, 0.05) is 16.7 Å². The number of aromatic nitrogens is 1. The van der Waals surface area contributed by atoms with Gasteiger partial charge >= 0.3 is 0 Å². The Hall–Kier alpha value is -1.88.